The van der Waals surface area contributed by atoms with Gasteiger partial charge in [0.25, 0.3) is 0 Å². The second-order valence-corrected chi connectivity index (χ2v) is 6.16. The van der Waals surface area contributed by atoms with Crippen molar-refractivity contribution in [1.29, 1.82) is 0 Å². The van der Waals surface area contributed by atoms with E-state index in [1.807, 2.05) is 6.92 Å². The first-order chi connectivity index (χ1) is 11.5. The highest BCUT2D eigenvalue weighted by Crippen LogP contribution is 2.27. The molecule has 0 bridgehead atoms. The third-order valence-corrected chi connectivity index (χ3v) is 4.47. The molecule has 7 heteroatoms. The summed E-state index contributed by atoms with van der Waals surface area (Å²) in [6.07, 6.45) is 1.66. The number of aromatic amines is 1. The van der Waals surface area contributed by atoms with Gasteiger partial charge in [0.15, 0.2) is 5.01 Å². The lowest BCUT2D eigenvalue weighted by atomic mass is 10.1. The summed E-state index contributed by atoms with van der Waals surface area (Å²) in [6.45, 7) is 3.22. The van der Waals surface area contributed by atoms with E-state index in [-0.39, 0.29) is 17.6 Å². The number of nitrogens with one attached hydrogen (secondary N) is 1. The number of H-pyrrole nitrogens is 1. The Hall–Kier alpha value is -2.54. The highest BCUT2D eigenvalue weighted by molar-refractivity contribution is 7.12. The standard InChI is InChI=1S/C17H15FN2O3S/c1-3-15(23-9(2)21)14-8-24-17(20-14)16(22)12-7-19-13-6-10(18)4-5-11(12)13/h4-8,15,19H,3H2,1-2H3/t15-/m1/s1. The number of fused-ring (bicyclic) bond motifs is 1. The van der Waals surface area contributed by atoms with Crippen LogP contribution in [0.15, 0.2) is 29.8 Å². The second kappa shape index (κ2) is 6.52. The molecule has 0 amide bonds. The van der Waals surface area contributed by atoms with Crippen molar-refractivity contribution in [1.82, 2.24) is 9.97 Å². The molecule has 0 fully saturated rings. The van der Waals surface area contributed by atoms with Gasteiger partial charge in [0.1, 0.15) is 11.9 Å². The van der Waals surface area contributed by atoms with Gasteiger partial charge < -0.3 is 9.72 Å². The number of hydrogen-bond acceptors (Lipinski definition) is 5. The zero-order valence-corrected chi connectivity index (χ0v) is 13.9. The molecule has 5 nitrogen and oxygen atoms in total. The number of aromatic nitrogens is 2. The summed E-state index contributed by atoms with van der Waals surface area (Å²) in [6, 6.07) is 4.22. The van der Waals surface area contributed by atoms with Gasteiger partial charge >= 0.3 is 5.97 Å². The highest BCUT2D eigenvalue weighted by atomic mass is 32.1. The predicted molar refractivity (Wildman–Crippen MR) is 88.6 cm³/mol. The summed E-state index contributed by atoms with van der Waals surface area (Å²) >= 11 is 1.20. The second-order valence-electron chi connectivity index (χ2n) is 5.31. The number of halogens is 1. The lowest BCUT2D eigenvalue weighted by molar-refractivity contribution is -0.147. The molecule has 3 rings (SSSR count). The van der Waals surface area contributed by atoms with E-state index in [0.29, 0.717) is 33.6 Å². The molecule has 1 N–H and O–H groups in total. The van der Waals surface area contributed by atoms with E-state index in [2.05, 4.69) is 9.97 Å². The van der Waals surface area contributed by atoms with E-state index < -0.39 is 6.10 Å². The van der Waals surface area contributed by atoms with Gasteiger partial charge in [-0.1, -0.05) is 6.92 Å². The molecule has 24 heavy (non-hydrogen) atoms. The molecule has 0 unspecified atom stereocenters. The van der Waals surface area contributed by atoms with Crippen LogP contribution in [0.25, 0.3) is 10.9 Å². The van der Waals surface area contributed by atoms with Crippen LogP contribution in [-0.2, 0) is 9.53 Å². The summed E-state index contributed by atoms with van der Waals surface area (Å²) in [4.78, 5) is 31.0. The van der Waals surface area contributed by atoms with Crippen molar-refractivity contribution in [2.75, 3.05) is 0 Å². The zero-order valence-electron chi connectivity index (χ0n) is 13.1. The molecular formula is C17H15FN2O3S. The molecular weight excluding hydrogens is 331 g/mol. The molecule has 2 aromatic heterocycles. The maximum absolute atomic E-state index is 13.2. The molecule has 2 heterocycles. The van der Waals surface area contributed by atoms with Gasteiger partial charge in [-0.05, 0) is 24.6 Å². The van der Waals surface area contributed by atoms with E-state index in [4.69, 9.17) is 4.74 Å². The number of rotatable bonds is 5. The van der Waals surface area contributed by atoms with E-state index in [1.54, 1.807) is 17.6 Å². The summed E-state index contributed by atoms with van der Waals surface area (Å²) in [7, 11) is 0. The number of esters is 1. The maximum atomic E-state index is 13.2. The normalized spacial score (nSPS) is 12.3. The van der Waals surface area contributed by atoms with Crippen LogP contribution in [0.2, 0.25) is 0 Å². The third-order valence-electron chi connectivity index (χ3n) is 3.61. The molecule has 1 atom stereocenters. The third kappa shape index (κ3) is 3.07. The Morgan fingerprint density at radius 1 is 1.42 bits per heavy atom. The number of benzene rings is 1. The van der Waals surface area contributed by atoms with Gasteiger partial charge in [0.2, 0.25) is 5.78 Å². The molecule has 0 aliphatic heterocycles. The number of ketones is 1. The number of nitrogens with zero attached hydrogens (tertiary/aromatic N) is 1. The Labute approximate surface area is 141 Å². The van der Waals surface area contributed by atoms with Crippen molar-refractivity contribution in [3.8, 4) is 0 Å². The van der Waals surface area contributed by atoms with E-state index >= 15 is 0 Å². The van der Waals surface area contributed by atoms with Crippen molar-refractivity contribution in [3.63, 3.8) is 0 Å². The summed E-state index contributed by atoms with van der Waals surface area (Å²) < 4.78 is 18.4. The summed E-state index contributed by atoms with van der Waals surface area (Å²) in [5, 5.41) is 2.67. The Morgan fingerprint density at radius 3 is 2.92 bits per heavy atom. The molecule has 0 spiro atoms. The maximum Gasteiger partial charge on any atom is 0.303 e. The largest absolute Gasteiger partial charge is 0.456 e. The number of carbonyl (C=O) groups is 2. The fourth-order valence-corrected chi connectivity index (χ4v) is 3.30. The summed E-state index contributed by atoms with van der Waals surface area (Å²) in [5.41, 5.74) is 1.56. The highest BCUT2D eigenvalue weighted by Gasteiger charge is 2.21. The average molecular weight is 346 g/mol. The molecule has 0 saturated carbocycles. The van der Waals surface area contributed by atoms with Crippen LogP contribution in [0, 0.1) is 5.82 Å². The van der Waals surface area contributed by atoms with Crippen molar-refractivity contribution >= 4 is 34.0 Å². The Balaban J connectivity index is 1.91. The van der Waals surface area contributed by atoms with Gasteiger partial charge in [0, 0.05) is 29.4 Å². The van der Waals surface area contributed by atoms with Crippen molar-refractivity contribution in [2.24, 2.45) is 0 Å². The Bertz CT molecular complexity index is 916. The SMILES string of the molecule is CC[C@@H](OC(C)=O)c1csc(C(=O)c2c[nH]c3cc(F)ccc23)n1. The summed E-state index contributed by atoms with van der Waals surface area (Å²) in [5.74, 6) is -1.00. The van der Waals surface area contributed by atoms with E-state index in [9.17, 15) is 14.0 Å². The topological polar surface area (TPSA) is 72.1 Å². The van der Waals surface area contributed by atoms with E-state index in [1.165, 1.54) is 30.4 Å². The van der Waals surface area contributed by atoms with Gasteiger partial charge in [-0.3, -0.25) is 9.59 Å². The van der Waals surface area contributed by atoms with Gasteiger partial charge in [-0.25, -0.2) is 9.37 Å². The van der Waals surface area contributed by atoms with Crippen molar-refractivity contribution in [3.05, 3.63) is 51.9 Å². The molecule has 0 radical (unpaired) electrons. The first-order valence-electron chi connectivity index (χ1n) is 7.43. The van der Waals surface area contributed by atoms with Gasteiger partial charge in [-0.2, -0.15) is 0 Å². The number of carbonyl (C=O) groups excluding carboxylic acids is 2. The molecule has 0 aliphatic carbocycles. The van der Waals surface area contributed by atoms with Gasteiger partial charge in [-0.15, -0.1) is 11.3 Å². The number of thiazole rings is 1. The Kier molecular flexibility index (Phi) is 4.44. The first-order valence-corrected chi connectivity index (χ1v) is 8.31. The molecule has 1 aromatic carbocycles. The fraction of sp³-hybridized carbons (Fsp3) is 0.235. The number of hydrogen-bond donors (Lipinski definition) is 1. The lowest BCUT2D eigenvalue weighted by Crippen LogP contribution is -2.08. The smallest absolute Gasteiger partial charge is 0.303 e. The molecule has 0 aliphatic rings. The van der Waals surface area contributed by atoms with Crippen LogP contribution in [0.3, 0.4) is 0 Å². The minimum Gasteiger partial charge on any atom is -0.456 e. The fourth-order valence-electron chi connectivity index (χ4n) is 2.49. The first kappa shape index (κ1) is 16.3. The van der Waals surface area contributed by atoms with Crippen LogP contribution >= 0.6 is 11.3 Å². The quantitative estimate of drug-likeness (QED) is 0.560. The van der Waals surface area contributed by atoms with Crippen molar-refractivity contribution in [2.45, 2.75) is 26.4 Å². The lowest BCUT2D eigenvalue weighted by Gasteiger charge is -2.11. The van der Waals surface area contributed by atoms with Crippen LogP contribution in [-0.4, -0.2) is 21.7 Å². The Morgan fingerprint density at radius 2 is 2.21 bits per heavy atom. The van der Waals surface area contributed by atoms with Crippen molar-refractivity contribution < 1.29 is 18.7 Å². The number of ether oxygens (including phenoxy) is 1. The van der Waals surface area contributed by atoms with Crippen LogP contribution in [0.4, 0.5) is 4.39 Å². The van der Waals surface area contributed by atoms with Crippen LogP contribution in [0.5, 0.6) is 0 Å². The van der Waals surface area contributed by atoms with Gasteiger partial charge in [0.05, 0.1) is 11.3 Å². The van der Waals surface area contributed by atoms with Crippen LogP contribution in [0.1, 0.15) is 47.4 Å². The zero-order chi connectivity index (χ0) is 17.3. The molecule has 0 saturated heterocycles. The van der Waals surface area contributed by atoms with Crippen LogP contribution < -0.4 is 0 Å². The molecule has 3 aromatic rings. The van der Waals surface area contributed by atoms with E-state index in [0.717, 1.165) is 0 Å². The monoisotopic (exact) mass is 346 g/mol. The molecule has 124 valence electrons. The minimum atomic E-state index is -0.461. The average Bonchev–Trinajstić information content (AvgIpc) is 3.18. The predicted octanol–water partition coefficient (Wildman–Crippen LogP) is 4.01. The minimum absolute atomic E-state index is 0.248.